The monoisotopic (exact) mass is 568 g/mol. The lowest BCUT2D eigenvalue weighted by molar-refractivity contribution is 0.138. The third-order valence-corrected chi connectivity index (χ3v) is 11.0. The predicted octanol–water partition coefficient (Wildman–Crippen LogP) is 10.4. The number of nitrogens with two attached hydrogens (primary N) is 1. The molecule has 0 amide bonds. The van der Waals surface area contributed by atoms with Crippen molar-refractivity contribution < 1.29 is 4.74 Å². The molecule has 2 atom stereocenters. The molecule has 0 radical (unpaired) electrons. The fourth-order valence-electron chi connectivity index (χ4n) is 6.69. The third kappa shape index (κ3) is 5.32. The Kier molecular flexibility index (Phi) is 8.30. The van der Waals surface area contributed by atoms with E-state index in [1.54, 1.807) is 0 Å². The standard InChI is InChI=1S/C39H56N2O/c1-14-26(15-2)23-30-25(4)33-31-32(28-20-18-17-19-27(28)29(34(31)42-30)24-35(5,6)7)37(10,11)39(13,41-33)22-21-38(12,40)36(8,9)16-3/h14,17-20,23H,1,15-16,21-22,24,40H2,2-13H3/b26-23-/t38?,39-/m1/s1. The van der Waals surface area contributed by atoms with Crippen molar-refractivity contribution in [2.75, 3.05) is 0 Å². The second-order valence-electron chi connectivity index (χ2n) is 15.7. The van der Waals surface area contributed by atoms with Crippen molar-refractivity contribution in [2.24, 2.45) is 21.6 Å². The number of hydrogen-bond donors (Lipinski definition) is 1. The molecule has 3 nitrogen and oxygen atoms in total. The fraction of sp³-hybridized carbons (Fsp3) is 0.564. The molecule has 2 aliphatic heterocycles. The summed E-state index contributed by atoms with van der Waals surface area (Å²) < 4.78 is 7.00. The van der Waals surface area contributed by atoms with Crippen LogP contribution in [0.15, 0.2) is 64.9 Å². The van der Waals surface area contributed by atoms with Crippen LogP contribution in [0.25, 0.3) is 10.8 Å². The highest BCUT2D eigenvalue weighted by atomic mass is 16.5. The average Bonchev–Trinajstić information content (AvgIpc) is 2.91. The summed E-state index contributed by atoms with van der Waals surface area (Å²) in [4.78, 5) is 5.75. The maximum Gasteiger partial charge on any atom is 0.140 e. The van der Waals surface area contributed by atoms with Crippen LogP contribution >= 0.6 is 0 Å². The summed E-state index contributed by atoms with van der Waals surface area (Å²) >= 11 is 0. The number of nitrogens with zero attached hydrogens (tertiary/aromatic N) is 1. The van der Waals surface area contributed by atoms with Crippen LogP contribution < -0.4 is 10.5 Å². The molecule has 0 aliphatic carbocycles. The fourth-order valence-corrected chi connectivity index (χ4v) is 6.69. The van der Waals surface area contributed by atoms with Crippen molar-refractivity contribution >= 4 is 16.5 Å². The van der Waals surface area contributed by atoms with Crippen LogP contribution in [0, 0.1) is 10.8 Å². The Bertz CT molecular complexity index is 1490. The van der Waals surface area contributed by atoms with Gasteiger partial charge in [0.1, 0.15) is 11.5 Å². The van der Waals surface area contributed by atoms with E-state index < -0.39 is 0 Å². The Labute approximate surface area is 256 Å². The molecular weight excluding hydrogens is 512 g/mol. The van der Waals surface area contributed by atoms with Gasteiger partial charge in [0.05, 0.1) is 11.3 Å². The number of aliphatic imine (C=N–C) groups is 1. The van der Waals surface area contributed by atoms with Crippen molar-refractivity contribution in [1.82, 2.24) is 0 Å². The number of fused-ring (bicyclic) bond motifs is 2. The highest BCUT2D eigenvalue weighted by molar-refractivity contribution is 6.20. The van der Waals surface area contributed by atoms with E-state index in [1.807, 2.05) is 6.08 Å². The molecule has 2 N–H and O–H groups in total. The van der Waals surface area contributed by atoms with Gasteiger partial charge in [0, 0.05) is 27.7 Å². The van der Waals surface area contributed by atoms with E-state index in [9.17, 15) is 0 Å². The van der Waals surface area contributed by atoms with Crippen LogP contribution in [-0.2, 0) is 11.8 Å². The van der Waals surface area contributed by atoms with Crippen molar-refractivity contribution in [3.05, 3.63) is 76.6 Å². The second kappa shape index (κ2) is 10.8. The molecule has 228 valence electrons. The van der Waals surface area contributed by atoms with E-state index in [1.165, 1.54) is 27.5 Å². The maximum absolute atomic E-state index is 7.08. The van der Waals surface area contributed by atoms with E-state index >= 15 is 0 Å². The first-order chi connectivity index (χ1) is 19.3. The predicted molar refractivity (Wildman–Crippen MR) is 183 cm³/mol. The summed E-state index contributed by atoms with van der Waals surface area (Å²) in [5.74, 6) is 1.87. The molecule has 2 aliphatic rings. The van der Waals surface area contributed by atoms with Crippen LogP contribution in [-0.4, -0.2) is 16.8 Å². The van der Waals surface area contributed by atoms with Crippen molar-refractivity contribution in [1.29, 1.82) is 0 Å². The smallest absolute Gasteiger partial charge is 0.140 e. The van der Waals surface area contributed by atoms with E-state index in [2.05, 4.69) is 120 Å². The van der Waals surface area contributed by atoms with Gasteiger partial charge in [-0.2, -0.15) is 0 Å². The van der Waals surface area contributed by atoms with Gasteiger partial charge >= 0.3 is 0 Å². The van der Waals surface area contributed by atoms with Crippen LogP contribution in [0.4, 0.5) is 0 Å². The Morgan fingerprint density at radius 2 is 1.64 bits per heavy atom. The second-order valence-corrected chi connectivity index (χ2v) is 15.7. The molecule has 3 heteroatoms. The van der Waals surface area contributed by atoms with Crippen LogP contribution in [0.3, 0.4) is 0 Å². The van der Waals surface area contributed by atoms with Crippen LogP contribution in [0.1, 0.15) is 125 Å². The number of ether oxygens (including phenoxy) is 1. The number of benzene rings is 2. The Balaban J connectivity index is 2.07. The van der Waals surface area contributed by atoms with Crippen LogP contribution in [0.2, 0.25) is 0 Å². The zero-order valence-electron chi connectivity index (χ0n) is 28.6. The lowest BCUT2D eigenvalue weighted by Crippen LogP contribution is -2.54. The molecule has 2 heterocycles. The van der Waals surface area contributed by atoms with Gasteiger partial charge < -0.3 is 10.5 Å². The van der Waals surface area contributed by atoms with Gasteiger partial charge in [0.2, 0.25) is 0 Å². The summed E-state index contributed by atoms with van der Waals surface area (Å²) in [5.41, 5.74) is 13.4. The highest BCUT2D eigenvalue weighted by Crippen LogP contribution is 2.55. The first kappa shape index (κ1) is 32.3. The molecular formula is C39H56N2O. The summed E-state index contributed by atoms with van der Waals surface area (Å²) in [6.07, 6.45) is 8.76. The minimum atomic E-state index is -0.356. The lowest BCUT2D eigenvalue weighted by Gasteiger charge is -2.50. The Morgan fingerprint density at radius 3 is 2.19 bits per heavy atom. The van der Waals surface area contributed by atoms with Gasteiger partial charge in [-0.3, -0.25) is 4.99 Å². The number of allylic oxidation sites excluding steroid dienone is 4. The summed E-state index contributed by atoms with van der Waals surface area (Å²) in [6, 6.07) is 8.96. The molecule has 0 saturated heterocycles. The van der Waals surface area contributed by atoms with Crippen LogP contribution in [0.5, 0.6) is 5.75 Å². The zero-order valence-corrected chi connectivity index (χ0v) is 28.6. The molecule has 4 rings (SSSR count). The maximum atomic E-state index is 7.08. The molecule has 0 bridgehead atoms. The molecule has 0 saturated carbocycles. The summed E-state index contributed by atoms with van der Waals surface area (Å²) in [7, 11) is 0. The quantitative estimate of drug-likeness (QED) is 0.306. The van der Waals surface area contributed by atoms with Gasteiger partial charge in [-0.05, 0) is 91.7 Å². The molecule has 2 aromatic carbocycles. The summed E-state index contributed by atoms with van der Waals surface area (Å²) in [5, 5.41) is 2.61. The van der Waals surface area contributed by atoms with Gasteiger partial charge in [-0.1, -0.05) is 99.2 Å². The van der Waals surface area contributed by atoms with Crippen molar-refractivity contribution in [3.8, 4) is 5.75 Å². The summed E-state index contributed by atoms with van der Waals surface area (Å²) in [6.45, 7) is 31.5. The minimum absolute atomic E-state index is 0.0304. The normalized spacial score (nSPS) is 21.9. The van der Waals surface area contributed by atoms with Crippen molar-refractivity contribution in [2.45, 2.75) is 132 Å². The molecule has 0 spiro atoms. The average molecular weight is 569 g/mol. The van der Waals surface area contributed by atoms with Gasteiger partial charge in [0.15, 0.2) is 0 Å². The molecule has 2 aromatic rings. The van der Waals surface area contributed by atoms with Crippen molar-refractivity contribution in [3.63, 3.8) is 0 Å². The van der Waals surface area contributed by atoms with E-state index in [4.69, 9.17) is 15.5 Å². The molecule has 0 aromatic heterocycles. The van der Waals surface area contributed by atoms with E-state index in [-0.39, 0.29) is 27.3 Å². The largest absolute Gasteiger partial charge is 0.456 e. The SMILES string of the molecule is C=C/C(=C/C1=C(C)C2=N[C@](C)(CCC(C)(N)C(C)(C)CC)C(C)(C)c3c2c(c(CC(C)(C)C)c2ccccc32)O1)CC. The first-order valence-corrected chi connectivity index (χ1v) is 16.0. The molecule has 1 unspecified atom stereocenters. The van der Waals surface area contributed by atoms with Gasteiger partial charge in [0.25, 0.3) is 0 Å². The molecule has 0 fully saturated rings. The number of rotatable bonds is 9. The highest BCUT2D eigenvalue weighted by Gasteiger charge is 2.51. The van der Waals surface area contributed by atoms with E-state index in [0.717, 1.165) is 60.5 Å². The minimum Gasteiger partial charge on any atom is -0.456 e. The van der Waals surface area contributed by atoms with Gasteiger partial charge in [-0.25, -0.2) is 0 Å². The van der Waals surface area contributed by atoms with E-state index in [0.29, 0.717) is 0 Å². The first-order valence-electron chi connectivity index (χ1n) is 16.0. The van der Waals surface area contributed by atoms with Gasteiger partial charge in [-0.15, -0.1) is 0 Å². The lowest BCUT2D eigenvalue weighted by atomic mass is 9.59. The topological polar surface area (TPSA) is 47.6 Å². The Hall–Kier alpha value is -2.65. The molecule has 42 heavy (non-hydrogen) atoms. The zero-order chi connectivity index (χ0) is 31.5. The number of hydrogen-bond acceptors (Lipinski definition) is 3. The third-order valence-electron chi connectivity index (χ3n) is 11.0. The Morgan fingerprint density at radius 1 is 1.02 bits per heavy atom.